The fraction of sp³-hybridized carbons (Fsp3) is 0.727. The molecule has 4 amide bonds. The molecule has 0 radical (unpaired) electrons. The number of esters is 2. The summed E-state index contributed by atoms with van der Waals surface area (Å²) < 4.78 is 9.97. The van der Waals surface area contributed by atoms with Crippen LogP contribution in [0, 0.1) is 0 Å². The van der Waals surface area contributed by atoms with Crippen LogP contribution in [0.5, 0.6) is 0 Å². The maximum Gasteiger partial charge on any atom is 0.324 e. The van der Waals surface area contributed by atoms with Crippen LogP contribution in [-0.4, -0.2) is 132 Å². The summed E-state index contributed by atoms with van der Waals surface area (Å²) in [6.07, 6.45) is 0.411. The second kappa shape index (κ2) is 14.2. The quantitative estimate of drug-likeness (QED) is 0.127. The highest BCUT2D eigenvalue weighted by Gasteiger charge is 2.40. The van der Waals surface area contributed by atoms with Crippen molar-refractivity contribution in [2.45, 2.75) is 50.9 Å². The Balaban J connectivity index is 1.90. The highest BCUT2D eigenvalue weighted by atomic mass is 16.6. The summed E-state index contributed by atoms with van der Waals surface area (Å²) in [5, 5.41) is 0. The summed E-state index contributed by atoms with van der Waals surface area (Å²) in [5.74, 6) is -3.78. The third-order valence-electron chi connectivity index (χ3n) is 6.64. The zero-order valence-corrected chi connectivity index (χ0v) is 21.7. The molecule has 4 atom stereocenters. The van der Waals surface area contributed by atoms with E-state index >= 15 is 0 Å². The van der Waals surface area contributed by atoms with Gasteiger partial charge in [0, 0.05) is 12.1 Å². The minimum absolute atomic E-state index is 0.134. The van der Waals surface area contributed by atoms with Gasteiger partial charge in [-0.2, -0.15) is 0 Å². The maximum absolute atomic E-state index is 12.6. The summed E-state index contributed by atoms with van der Waals surface area (Å²) in [4.78, 5) is 79.2. The van der Waals surface area contributed by atoms with E-state index in [0.717, 1.165) is 9.80 Å². The topological polar surface area (TPSA) is 238 Å². The van der Waals surface area contributed by atoms with Gasteiger partial charge in [0.05, 0.1) is 26.2 Å². The average molecular weight is 543 g/mol. The van der Waals surface area contributed by atoms with E-state index in [1.165, 1.54) is 0 Å². The van der Waals surface area contributed by atoms with Crippen LogP contribution >= 0.6 is 0 Å². The molecule has 38 heavy (non-hydrogen) atoms. The molecule has 0 aliphatic carbocycles. The van der Waals surface area contributed by atoms with Gasteiger partial charge in [-0.05, 0) is 39.8 Å². The Hall–Kier alpha value is -3.02. The van der Waals surface area contributed by atoms with E-state index in [1.54, 1.807) is 23.6 Å². The zero-order chi connectivity index (χ0) is 28.6. The Morgan fingerprint density at radius 1 is 0.684 bits per heavy atom. The van der Waals surface area contributed by atoms with Gasteiger partial charge in [-0.25, -0.2) is 9.80 Å². The number of piperazine rings is 2. The Morgan fingerprint density at radius 3 is 1.24 bits per heavy atom. The number of imide groups is 2. The summed E-state index contributed by atoms with van der Waals surface area (Å²) in [6, 6.07) is -2.69. The average Bonchev–Trinajstić information content (AvgIpc) is 2.86. The first-order chi connectivity index (χ1) is 17.9. The van der Waals surface area contributed by atoms with Crippen molar-refractivity contribution in [1.29, 1.82) is 0 Å². The molecule has 0 aromatic heterocycles. The lowest BCUT2D eigenvalue weighted by Crippen LogP contribution is -2.63. The molecule has 0 aromatic carbocycles. The highest BCUT2D eigenvalue weighted by Crippen LogP contribution is 2.18. The number of ether oxygens (including phenoxy) is 2. The van der Waals surface area contributed by atoms with Crippen molar-refractivity contribution in [3.8, 4) is 0 Å². The molecular formula is C22H38N8O8. The smallest absolute Gasteiger partial charge is 0.324 e. The lowest BCUT2D eigenvalue weighted by Gasteiger charge is -2.43. The molecule has 2 fully saturated rings. The summed E-state index contributed by atoms with van der Waals surface area (Å²) in [7, 11) is 0. The van der Waals surface area contributed by atoms with Gasteiger partial charge in [-0.1, -0.05) is 0 Å². The first-order valence-electron chi connectivity index (χ1n) is 12.3. The monoisotopic (exact) mass is 542 g/mol. The van der Waals surface area contributed by atoms with Gasteiger partial charge in [-0.15, -0.1) is 0 Å². The lowest BCUT2D eigenvalue weighted by atomic mass is 10.1. The molecule has 0 bridgehead atoms. The van der Waals surface area contributed by atoms with Crippen molar-refractivity contribution in [3.05, 3.63) is 0 Å². The summed E-state index contributed by atoms with van der Waals surface area (Å²) in [5.41, 5.74) is 22.0. The van der Waals surface area contributed by atoms with E-state index in [-0.39, 0.29) is 52.1 Å². The normalized spacial score (nSPS) is 20.8. The van der Waals surface area contributed by atoms with Crippen LogP contribution in [0.15, 0.2) is 0 Å². The predicted molar refractivity (Wildman–Crippen MR) is 131 cm³/mol. The van der Waals surface area contributed by atoms with Crippen LogP contribution in [0.4, 0.5) is 0 Å². The Bertz CT molecular complexity index is 810. The number of carbonyl (C=O) groups is 6. The minimum Gasteiger partial charge on any atom is -0.443 e. The Kier molecular flexibility index (Phi) is 11.7. The second-order valence-corrected chi connectivity index (χ2v) is 9.27. The molecule has 0 spiro atoms. The zero-order valence-electron chi connectivity index (χ0n) is 21.7. The molecule has 2 aliphatic heterocycles. The van der Waals surface area contributed by atoms with Gasteiger partial charge in [0.25, 0.3) is 0 Å². The van der Waals surface area contributed by atoms with Crippen LogP contribution in [0.25, 0.3) is 0 Å². The number of nitrogens with two attached hydrogens (primary N) is 4. The van der Waals surface area contributed by atoms with Gasteiger partial charge >= 0.3 is 11.9 Å². The van der Waals surface area contributed by atoms with E-state index in [0.29, 0.717) is 0 Å². The van der Waals surface area contributed by atoms with Crippen molar-refractivity contribution >= 4 is 35.6 Å². The SMILES string of the molecule is CC(C(C)N1CC(=O)N(COC(=O)C(N)CCN)C(=O)C1)N1CC(=O)N(COC(=O)C(N)CCN)C(=O)C1. The molecule has 0 aromatic rings. The molecule has 2 heterocycles. The Morgan fingerprint density at radius 2 is 0.974 bits per heavy atom. The number of hydrogen-bond donors (Lipinski definition) is 4. The van der Waals surface area contributed by atoms with Gasteiger partial charge < -0.3 is 32.4 Å². The number of amides is 4. The molecule has 16 nitrogen and oxygen atoms in total. The summed E-state index contributed by atoms with van der Waals surface area (Å²) >= 11 is 0. The van der Waals surface area contributed by atoms with Crippen LogP contribution < -0.4 is 22.9 Å². The van der Waals surface area contributed by atoms with Crippen LogP contribution in [0.1, 0.15) is 26.7 Å². The second-order valence-electron chi connectivity index (χ2n) is 9.27. The fourth-order valence-corrected chi connectivity index (χ4v) is 3.97. The van der Waals surface area contributed by atoms with Gasteiger partial charge in [0.2, 0.25) is 23.6 Å². The van der Waals surface area contributed by atoms with Crippen molar-refractivity contribution in [2.75, 3.05) is 52.7 Å². The maximum atomic E-state index is 12.6. The molecule has 16 heteroatoms. The lowest BCUT2D eigenvalue weighted by molar-refractivity contribution is -0.169. The minimum atomic E-state index is -0.945. The van der Waals surface area contributed by atoms with Crippen LogP contribution in [0.3, 0.4) is 0 Å². The van der Waals surface area contributed by atoms with Crippen molar-refractivity contribution in [2.24, 2.45) is 22.9 Å². The third kappa shape index (κ3) is 7.99. The number of rotatable bonds is 13. The molecule has 2 rings (SSSR count). The molecule has 4 unspecified atom stereocenters. The number of carbonyl (C=O) groups excluding carboxylic acids is 6. The van der Waals surface area contributed by atoms with E-state index in [9.17, 15) is 28.8 Å². The van der Waals surface area contributed by atoms with Gasteiger partial charge in [-0.3, -0.25) is 38.6 Å². The molecule has 2 saturated heterocycles. The number of nitrogens with zero attached hydrogens (tertiary/aromatic N) is 4. The standard InChI is InChI=1S/C22H38N8O8/c1-13(27-7-17(31)29(18(32)8-27)11-37-21(35)15(25)3-5-23)14(2)28-9-19(33)30(20(34)10-28)12-38-22(36)16(26)4-6-24/h13-16H,3-12,23-26H2,1-2H3. The van der Waals surface area contributed by atoms with Crippen molar-refractivity contribution in [3.63, 3.8) is 0 Å². The first-order valence-corrected chi connectivity index (χ1v) is 12.3. The number of hydrogen-bond acceptors (Lipinski definition) is 14. The van der Waals surface area contributed by atoms with Gasteiger partial charge in [0.1, 0.15) is 12.1 Å². The molecule has 0 saturated carbocycles. The highest BCUT2D eigenvalue weighted by molar-refractivity contribution is 6.00. The van der Waals surface area contributed by atoms with Crippen LogP contribution in [-0.2, 0) is 38.2 Å². The molecule has 214 valence electrons. The van der Waals surface area contributed by atoms with Crippen molar-refractivity contribution < 1.29 is 38.2 Å². The third-order valence-corrected chi connectivity index (χ3v) is 6.64. The van der Waals surface area contributed by atoms with E-state index < -0.39 is 73.2 Å². The fourth-order valence-electron chi connectivity index (χ4n) is 3.97. The molecule has 8 N–H and O–H groups in total. The molecular weight excluding hydrogens is 504 g/mol. The van der Waals surface area contributed by atoms with Gasteiger partial charge in [0.15, 0.2) is 13.5 Å². The van der Waals surface area contributed by atoms with Crippen molar-refractivity contribution in [1.82, 2.24) is 19.6 Å². The summed E-state index contributed by atoms with van der Waals surface area (Å²) in [6.45, 7) is 2.30. The first kappa shape index (κ1) is 31.2. The van der Waals surface area contributed by atoms with E-state index in [4.69, 9.17) is 32.4 Å². The Labute approximate surface area is 220 Å². The predicted octanol–water partition coefficient (Wildman–Crippen LogP) is -4.54. The van der Waals surface area contributed by atoms with E-state index in [2.05, 4.69) is 0 Å². The van der Waals surface area contributed by atoms with E-state index in [1.807, 2.05) is 0 Å². The largest absolute Gasteiger partial charge is 0.443 e. The molecule has 2 aliphatic rings. The van der Waals surface area contributed by atoms with Crippen LogP contribution in [0.2, 0.25) is 0 Å².